The van der Waals surface area contributed by atoms with Crippen LogP contribution in [0.2, 0.25) is 0 Å². The smallest absolute Gasteiger partial charge is 0.138 e. The molecule has 0 amide bonds. The number of aromatic nitrogens is 1. The van der Waals surface area contributed by atoms with Crippen LogP contribution in [0.3, 0.4) is 0 Å². The van der Waals surface area contributed by atoms with E-state index in [0.29, 0.717) is 0 Å². The van der Waals surface area contributed by atoms with Crippen LogP contribution in [0.15, 0.2) is 66.9 Å². The van der Waals surface area contributed by atoms with Gasteiger partial charge in [0.2, 0.25) is 0 Å². The first-order valence-electron chi connectivity index (χ1n) is 7.59. The summed E-state index contributed by atoms with van der Waals surface area (Å²) in [6.07, 6.45) is 1.83. The largest absolute Gasteiger partial charge is 0.340 e. The number of rotatable bonds is 2. The molecule has 0 saturated carbocycles. The molecule has 1 N–H and O–H groups in total. The van der Waals surface area contributed by atoms with Gasteiger partial charge in [0.1, 0.15) is 5.82 Å². The molecule has 0 spiro atoms. The lowest BCUT2D eigenvalue weighted by molar-refractivity contribution is 1.34. The molecule has 2 heteroatoms. The zero-order valence-corrected chi connectivity index (χ0v) is 13.3. The average molecular weight is 280 g/mol. The minimum atomic E-state index is 0.898. The van der Waals surface area contributed by atoms with Crippen LogP contribution in [-0.2, 0) is 0 Å². The molecule has 0 radical (unpaired) electrons. The van der Waals surface area contributed by atoms with E-state index < -0.39 is 0 Å². The Labute approximate surface area is 127 Å². The summed E-state index contributed by atoms with van der Waals surface area (Å²) in [6, 6.07) is 20.3. The predicted molar refractivity (Wildman–Crippen MR) is 94.2 cm³/mol. The summed E-state index contributed by atoms with van der Waals surface area (Å²) in [5, 5.41) is 5.67. The molecule has 21 heavy (non-hydrogen) atoms. The number of nitrogens with zero attached hydrogens (tertiary/aromatic N) is 1. The highest BCUT2D eigenvalue weighted by Gasteiger charge is 2.01. The first-order chi connectivity index (χ1) is 10.4. The Morgan fingerprint density at radius 3 is 2.05 bits per heavy atom. The topological polar surface area (TPSA) is 24.9 Å². The fourth-order valence-electron chi connectivity index (χ4n) is 1.88. The molecule has 0 unspecified atom stereocenters. The summed E-state index contributed by atoms with van der Waals surface area (Å²) < 4.78 is 0. The number of hydrogen-bond donors (Lipinski definition) is 1. The normalized spacial score (nSPS) is 8.95. The molecule has 3 rings (SSSR count). The van der Waals surface area contributed by atoms with Crippen LogP contribution in [0.4, 0.5) is 11.5 Å². The first-order valence-corrected chi connectivity index (χ1v) is 7.59. The van der Waals surface area contributed by atoms with Gasteiger partial charge in [-0.2, -0.15) is 0 Å². The minimum absolute atomic E-state index is 0.898. The Kier molecular flexibility index (Phi) is 7.59. The maximum atomic E-state index is 4.39. The van der Waals surface area contributed by atoms with Crippen LogP contribution >= 0.6 is 0 Å². The quantitative estimate of drug-likeness (QED) is 0.620. The van der Waals surface area contributed by atoms with Crippen molar-refractivity contribution >= 4 is 22.3 Å². The third-order valence-electron chi connectivity index (χ3n) is 2.71. The van der Waals surface area contributed by atoms with Gasteiger partial charge in [-0.3, -0.25) is 0 Å². The van der Waals surface area contributed by atoms with Gasteiger partial charge in [-0.05, 0) is 23.6 Å². The van der Waals surface area contributed by atoms with Crippen LogP contribution in [0.5, 0.6) is 0 Å². The maximum absolute atomic E-state index is 4.39. The molecule has 3 aromatic rings. The van der Waals surface area contributed by atoms with E-state index in [0.717, 1.165) is 16.9 Å². The zero-order valence-electron chi connectivity index (χ0n) is 13.3. The molecule has 0 aliphatic heterocycles. The van der Waals surface area contributed by atoms with Crippen molar-refractivity contribution in [3.63, 3.8) is 0 Å². The number of hydrogen-bond acceptors (Lipinski definition) is 2. The third-order valence-corrected chi connectivity index (χ3v) is 2.71. The van der Waals surface area contributed by atoms with Crippen LogP contribution in [-0.4, -0.2) is 4.98 Å². The van der Waals surface area contributed by atoms with Gasteiger partial charge in [-0.25, -0.2) is 4.98 Å². The molecule has 0 bridgehead atoms. The lowest BCUT2D eigenvalue weighted by Gasteiger charge is -2.08. The molecule has 0 atom stereocenters. The minimum Gasteiger partial charge on any atom is -0.340 e. The Hall–Kier alpha value is -2.35. The molecule has 1 heterocycles. The van der Waals surface area contributed by atoms with Gasteiger partial charge in [-0.1, -0.05) is 70.2 Å². The van der Waals surface area contributed by atoms with Crippen LogP contribution in [0.1, 0.15) is 27.7 Å². The summed E-state index contributed by atoms with van der Waals surface area (Å²) in [6.45, 7) is 8.00. The Balaban J connectivity index is 0.000000510. The first kappa shape index (κ1) is 16.7. The van der Waals surface area contributed by atoms with E-state index in [-0.39, 0.29) is 0 Å². The van der Waals surface area contributed by atoms with E-state index in [4.69, 9.17) is 0 Å². The van der Waals surface area contributed by atoms with Gasteiger partial charge in [0, 0.05) is 17.3 Å². The second-order valence-corrected chi connectivity index (χ2v) is 3.87. The van der Waals surface area contributed by atoms with E-state index in [1.54, 1.807) is 0 Å². The van der Waals surface area contributed by atoms with Crippen LogP contribution < -0.4 is 5.32 Å². The lowest BCUT2D eigenvalue weighted by Crippen LogP contribution is -1.93. The lowest BCUT2D eigenvalue weighted by atomic mass is 10.1. The number of nitrogens with one attached hydrogen (secondary N) is 1. The van der Waals surface area contributed by atoms with E-state index in [9.17, 15) is 0 Å². The van der Waals surface area contributed by atoms with Gasteiger partial charge in [0.15, 0.2) is 0 Å². The number of pyridine rings is 1. The zero-order chi connectivity index (χ0) is 15.5. The Morgan fingerprint density at radius 2 is 1.33 bits per heavy atom. The highest BCUT2D eigenvalue weighted by atomic mass is 15.0. The fourth-order valence-corrected chi connectivity index (χ4v) is 1.88. The van der Waals surface area contributed by atoms with Crippen molar-refractivity contribution in [2.24, 2.45) is 0 Å². The van der Waals surface area contributed by atoms with Gasteiger partial charge >= 0.3 is 0 Å². The van der Waals surface area contributed by atoms with Gasteiger partial charge in [-0.15, -0.1) is 0 Å². The molecule has 2 nitrogen and oxygen atoms in total. The van der Waals surface area contributed by atoms with Crippen molar-refractivity contribution in [1.82, 2.24) is 4.98 Å². The third kappa shape index (κ3) is 4.60. The van der Waals surface area contributed by atoms with Crippen molar-refractivity contribution in [2.75, 3.05) is 5.32 Å². The standard InChI is InChI=1S/C15H12N2.2C2H6/c1-2-7-13(8-3-1)17-15-14-9-5-4-6-12(14)10-11-16-15;2*1-2/h1-11H,(H,16,17);2*1-2H3. The SMILES string of the molecule is CC.CC.c1ccc(Nc2nccc3ccccc23)cc1. The van der Waals surface area contributed by atoms with E-state index in [1.807, 2.05) is 82.4 Å². The molecule has 0 fully saturated rings. The summed E-state index contributed by atoms with van der Waals surface area (Å²) in [4.78, 5) is 4.39. The van der Waals surface area contributed by atoms with E-state index >= 15 is 0 Å². The Morgan fingerprint density at radius 1 is 0.714 bits per heavy atom. The van der Waals surface area contributed by atoms with Gasteiger partial charge < -0.3 is 5.32 Å². The fraction of sp³-hybridized carbons (Fsp3) is 0.211. The molecular formula is C19H24N2. The number of para-hydroxylation sites is 1. The van der Waals surface area contributed by atoms with Gasteiger partial charge in [0.25, 0.3) is 0 Å². The van der Waals surface area contributed by atoms with Crippen LogP contribution in [0, 0.1) is 0 Å². The van der Waals surface area contributed by atoms with Crippen molar-refractivity contribution in [1.29, 1.82) is 0 Å². The van der Waals surface area contributed by atoms with E-state index in [2.05, 4.69) is 22.4 Å². The predicted octanol–water partition coefficient (Wildman–Crippen LogP) is 6.03. The Bertz CT molecular complexity index is 628. The highest BCUT2D eigenvalue weighted by molar-refractivity contribution is 5.93. The number of fused-ring (bicyclic) bond motifs is 1. The molecule has 0 aliphatic rings. The van der Waals surface area contributed by atoms with E-state index in [1.165, 1.54) is 5.39 Å². The molecule has 110 valence electrons. The molecule has 1 aromatic heterocycles. The summed E-state index contributed by atoms with van der Waals surface area (Å²) in [7, 11) is 0. The summed E-state index contributed by atoms with van der Waals surface area (Å²) >= 11 is 0. The maximum Gasteiger partial charge on any atom is 0.138 e. The van der Waals surface area contributed by atoms with Crippen LogP contribution in [0.25, 0.3) is 10.8 Å². The highest BCUT2D eigenvalue weighted by Crippen LogP contribution is 2.23. The number of benzene rings is 2. The van der Waals surface area contributed by atoms with Gasteiger partial charge in [0.05, 0.1) is 0 Å². The van der Waals surface area contributed by atoms with Crippen molar-refractivity contribution in [3.05, 3.63) is 66.9 Å². The molecule has 2 aromatic carbocycles. The van der Waals surface area contributed by atoms with Crippen molar-refractivity contribution in [3.8, 4) is 0 Å². The van der Waals surface area contributed by atoms with Crippen molar-refractivity contribution in [2.45, 2.75) is 27.7 Å². The second-order valence-electron chi connectivity index (χ2n) is 3.87. The molecule has 0 aliphatic carbocycles. The molecule has 0 saturated heterocycles. The monoisotopic (exact) mass is 280 g/mol. The average Bonchev–Trinajstić information content (AvgIpc) is 2.60. The molecular weight excluding hydrogens is 256 g/mol. The summed E-state index contributed by atoms with van der Waals surface area (Å²) in [5.41, 5.74) is 1.05. The second kappa shape index (κ2) is 9.54. The summed E-state index contributed by atoms with van der Waals surface area (Å²) in [5.74, 6) is 0.898. The van der Waals surface area contributed by atoms with Crippen molar-refractivity contribution < 1.29 is 0 Å². The number of anilines is 2.